The molecule has 6 heteroatoms. The van der Waals surface area contributed by atoms with Crippen LogP contribution in [0.1, 0.15) is 37.0 Å². The maximum absolute atomic E-state index is 13.3. The average Bonchev–Trinajstić information content (AvgIpc) is 3.22. The smallest absolute Gasteiger partial charge is 0.254 e. The molecule has 2 aliphatic rings. The van der Waals surface area contributed by atoms with Crippen LogP contribution in [-0.2, 0) is 9.59 Å². The summed E-state index contributed by atoms with van der Waals surface area (Å²) in [5.74, 6) is 0.165. The third kappa shape index (κ3) is 3.24. The lowest BCUT2D eigenvalue weighted by atomic mass is 9.77. The second-order valence-corrected chi connectivity index (χ2v) is 7.91. The second kappa shape index (κ2) is 7.64. The highest BCUT2D eigenvalue weighted by atomic mass is 32.1. The first-order valence-corrected chi connectivity index (χ1v) is 10.2. The Hall–Kier alpha value is -2.86. The van der Waals surface area contributed by atoms with E-state index in [-0.39, 0.29) is 17.6 Å². The fourth-order valence-corrected chi connectivity index (χ4v) is 4.81. The van der Waals surface area contributed by atoms with Crippen molar-refractivity contribution in [3.05, 3.63) is 69.2 Å². The van der Waals surface area contributed by atoms with E-state index in [1.807, 2.05) is 36.6 Å². The Labute approximate surface area is 168 Å². The number of carbonyl (C=O) groups is 2. The maximum atomic E-state index is 13.3. The number of methoxy groups -OCH3 is 1. The van der Waals surface area contributed by atoms with Gasteiger partial charge < -0.3 is 15.4 Å². The maximum Gasteiger partial charge on any atom is 0.254 e. The molecule has 0 saturated carbocycles. The molecule has 0 spiro atoms. The van der Waals surface area contributed by atoms with Gasteiger partial charge in [0.15, 0.2) is 5.78 Å². The number of hydrogen-bond acceptors (Lipinski definition) is 5. The van der Waals surface area contributed by atoms with Gasteiger partial charge in [0.05, 0.1) is 18.7 Å². The molecule has 2 N–H and O–H groups in total. The van der Waals surface area contributed by atoms with Gasteiger partial charge in [-0.15, -0.1) is 11.3 Å². The molecule has 1 amide bonds. The number of carbonyl (C=O) groups excluding carboxylic acids is 2. The number of dihydropyridines is 1. The van der Waals surface area contributed by atoms with Gasteiger partial charge in [-0.2, -0.15) is 0 Å². The minimum absolute atomic E-state index is 0.127. The van der Waals surface area contributed by atoms with E-state index in [1.165, 1.54) is 0 Å². The van der Waals surface area contributed by atoms with Gasteiger partial charge in [0.1, 0.15) is 5.75 Å². The lowest BCUT2D eigenvalue weighted by Crippen LogP contribution is -2.35. The minimum atomic E-state index is -0.334. The van der Waals surface area contributed by atoms with Crippen LogP contribution in [-0.4, -0.2) is 18.8 Å². The fraction of sp³-hybridized carbons (Fsp3) is 0.273. The summed E-state index contributed by atoms with van der Waals surface area (Å²) in [6.45, 7) is 1.90. The number of ketones is 1. The Morgan fingerprint density at radius 3 is 2.79 bits per heavy atom. The number of anilines is 1. The van der Waals surface area contributed by atoms with Crippen LogP contribution in [0.25, 0.3) is 0 Å². The largest absolute Gasteiger partial charge is 0.495 e. The van der Waals surface area contributed by atoms with Gasteiger partial charge in [-0.3, -0.25) is 9.59 Å². The van der Waals surface area contributed by atoms with E-state index < -0.39 is 0 Å². The van der Waals surface area contributed by atoms with E-state index in [1.54, 1.807) is 30.6 Å². The highest BCUT2D eigenvalue weighted by Gasteiger charge is 2.39. The molecule has 0 fully saturated rings. The fourth-order valence-electron chi connectivity index (χ4n) is 3.96. The van der Waals surface area contributed by atoms with Gasteiger partial charge in [0.25, 0.3) is 5.91 Å². The molecule has 0 unspecified atom stereocenters. The van der Waals surface area contributed by atoms with Crippen molar-refractivity contribution in [2.45, 2.75) is 32.1 Å². The van der Waals surface area contributed by atoms with Crippen molar-refractivity contribution in [3.8, 4) is 5.75 Å². The number of Topliss-reactive ketones (excluding diaryl/α,β-unsaturated/α-hetero) is 1. The lowest BCUT2D eigenvalue weighted by Gasteiger charge is -2.33. The zero-order valence-corrected chi connectivity index (χ0v) is 16.7. The van der Waals surface area contributed by atoms with Crippen molar-refractivity contribution in [2.75, 3.05) is 12.4 Å². The first-order valence-electron chi connectivity index (χ1n) is 9.32. The number of ether oxygens (including phenoxy) is 1. The van der Waals surface area contributed by atoms with Gasteiger partial charge in [-0.05, 0) is 43.3 Å². The van der Waals surface area contributed by atoms with Crippen molar-refractivity contribution in [2.24, 2.45) is 0 Å². The molecule has 144 valence electrons. The average molecular weight is 394 g/mol. The van der Waals surface area contributed by atoms with Crippen LogP contribution in [0.5, 0.6) is 5.75 Å². The molecule has 28 heavy (non-hydrogen) atoms. The van der Waals surface area contributed by atoms with Gasteiger partial charge in [0.2, 0.25) is 0 Å². The summed E-state index contributed by atoms with van der Waals surface area (Å²) in [6.07, 6.45) is 2.21. The molecule has 0 radical (unpaired) electrons. The summed E-state index contributed by atoms with van der Waals surface area (Å²) >= 11 is 1.57. The molecule has 1 aliphatic carbocycles. The van der Waals surface area contributed by atoms with Crippen LogP contribution >= 0.6 is 11.3 Å². The number of amides is 1. The van der Waals surface area contributed by atoms with Crippen LogP contribution in [0.15, 0.2) is 64.3 Å². The first kappa shape index (κ1) is 18.5. The quantitative estimate of drug-likeness (QED) is 0.808. The number of allylic oxidation sites excluding steroid dienone is 3. The topological polar surface area (TPSA) is 67.4 Å². The Bertz CT molecular complexity index is 989. The molecular formula is C22H22N2O3S. The molecule has 2 heterocycles. The summed E-state index contributed by atoms with van der Waals surface area (Å²) in [4.78, 5) is 27.1. The predicted molar refractivity (Wildman–Crippen MR) is 110 cm³/mol. The van der Waals surface area contributed by atoms with E-state index in [4.69, 9.17) is 4.74 Å². The number of rotatable bonds is 4. The Morgan fingerprint density at radius 1 is 1.21 bits per heavy atom. The van der Waals surface area contributed by atoms with Crippen LogP contribution in [0.2, 0.25) is 0 Å². The molecule has 5 nitrogen and oxygen atoms in total. The van der Waals surface area contributed by atoms with E-state index in [2.05, 4.69) is 10.6 Å². The number of thiophene rings is 1. The van der Waals surface area contributed by atoms with Crippen molar-refractivity contribution in [1.82, 2.24) is 5.32 Å². The molecule has 1 aliphatic heterocycles. The predicted octanol–water partition coefficient (Wildman–Crippen LogP) is 4.36. The van der Waals surface area contributed by atoms with Gasteiger partial charge in [0, 0.05) is 33.8 Å². The second-order valence-electron chi connectivity index (χ2n) is 6.94. The van der Waals surface area contributed by atoms with Crippen molar-refractivity contribution < 1.29 is 14.3 Å². The summed E-state index contributed by atoms with van der Waals surface area (Å²) in [6, 6.07) is 11.3. The summed E-state index contributed by atoms with van der Waals surface area (Å²) in [5, 5.41) is 8.29. The number of benzene rings is 1. The van der Waals surface area contributed by atoms with Crippen LogP contribution in [0, 0.1) is 0 Å². The van der Waals surface area contributed by atoms with Crippen molar-refractivity contribution in [1.29, 1.82) is 0 Å². The Morgan fingerprint density at radius 2 is 2.04 bits per heavy atom. The summed E-state index contributed by atoms with van der Waals surface area (Å²) < 4.78 is 5.35. The monoisotopic (exact) mass is 394 g/mol. The van der Waals surface area contributed by atoms with Crippen molar-refractivity contribution >= 4 is 28.7 Å². The molecule has 1 aromatic carbocycles. The molecule has 0 saturated heterocycles. The van der Waals surface area contributed by atoms with E-state index >= 15 is 0 Å². The van der Waals surface area contributed by atoms with Crippen LogP contribution in [0.3, 0.4) is 0 Å². The van der Waals surface area contributed by atoms with E-state index in [9.17, 15) is 9.59 Å². The van der Waals surface area contributed by atoms with Gasteiger partial charge >= 0.3 is 0 Å². The highest BCUT2D eigenvalue weighted by molar-refractivity contribution is 7.10. The summed E-state index contributed by atoms with van der Waals surface area (Å²) in [7, 11) is 1.57. The third-order valence-electron chi connectivity index (χ3n) is 5.20. The van der Waals surface area contributed by atoms with Gasteiger partial charge in [-0.25, -0.2) is 0 Å². The van der Waals surface area contributed by atoms with Gasteiger partial charge in [-0.1, -0.05) is 18.2 Å². The third-order valence-corrected chi connectivity index (χ3v) is 6.14. The minimum Gasteiger partial charge on any atom is -0.495 e. The molecular weight excluding hydrogens is 372 g/mol. The number of para-hydroxylation sites is 2. The standard InChI is InChI=1S/C22H22N2O3S/c1-13-19(22(26)24-14-7-3-4-10-17(14)27-2)21(18-11-6-12-28-18)20-15(23-13)8-5-9-16(20)25/h3-4,6-7,10-12,21,23H,5,8-9H2,1-2H3,(H,24,26)/t21-/m1/s1. The molecule has 0 bridgehead atoms. The SMILES string of the molecule is COc1ccccc1NC(=O)C1=C(C)NC2=C(C(=O)CCC2)[C@@H]1c1cccs1. The highest BCUT2D eigenvalue weighted by Crippen LogP contribution is 2.44. The Balaban J connectivity index is 1.76. The number of nitrogens with one attached hydrogen (secondary N) is 2. The molecule has 4 rings (SSSR count). The summed E-state index contributed by atoms with van der Waals surface area (Å²) in [5.41, 5.74) is 3.68. The molecule has 1 atom stereocenters. The van der Waals surface area contributed by atoms with Crippen LogP contribution < -0.4 is 15.4 Å². The zero-order valence-electron chi connectivity index (χ0n) is 15.9. The first-order chi connectivity index (χ1) is 13.6. The molecule has 2 aromatic rings. The number of hydrogen-bond donors (Lipinski definition) is 2. The van der Waals surface area contributed by atoms with Crippen molar-refractivity contribution in [3.63, 3.8) is 0 Å². The zero-order chi connectivity index (χ0) is 19.7. The lowest BCUT2D eigenvalue weighted by molar-refractivity contribution is -0.116. The van der Waals surface area contributed by atoms with E-state index in [0.717, 1.165) is 34.7 Å². The normalized spacial score (nSPS) is 19.2. The Kier molecular flexibility index (Phi) is 5.05. The van der Waals surface area contributed by atoms with Crippen LogP contribution in [0.4, 0.5) is 5.69 Å². The molecule has 1 aromatic heterocycles. The van der Waals surface area contributed by atoms with E-state index in [0.29, 0.717) is 23.4 Å².